The Labute approximate surface area is 159 Å². The fraction of sp³-hybridized carbons (Fsp3) is 0.353. The van der Waals surface area contributed by atoms with Crippen molar-refractivity contribution in [3.63, 3.8) is 0 Å². The Morgan fingerprint density at radius 1 is 1.25 bits per heavy atom. The first-order valence-corrected chi connectivity index (χ1v) is 8.22. The molecule has 0 aliphatic rings. The van der Waals surface area contributed by atoms with E-state index >= 15 is 0 Å². The predicted octanol–water partition coefficient (Wildman–Crippen LogP) is 1.68. The number of ether oxygens (including phenoxy) is 2. The minimum absolute atomic E-state index is 0.0142. The topological polar surface area (TPSA) is 154 Å². The maximum Gasteiger partial charge on any atom is 0.333 e. The van der Waals surface area contributed by atoms with Crippen molar-refractivity contribution in [1.82, 2.24) is 4.73 Å². The molecule has 3 N–H and O–H groups in total. The molecule has 0 amide bonds. The first kappa shape index (κ1) is 20.8. The Morgan fingerprint density at radius 2 is 1.89 bits per heavy atom. The van der Waals surface area contributed by atoms with Gasteiger partial charge in [0.2, 0.25) is 11.8 Å². The Balaban J connectivity index is 1.97. The second kappa shape index (κ2) is 8.95. The molecule has 0 radical (unpaired) electrons. The highest BCUT2D eigenvalue weighted by molar-refractivity contribution is 5.69. The molecular formula is C17H20N2O9. The molecular weight excluding hydrogens is 376 g/mol. The number of aliphatic hydroxyl groups excluding tert-OH is 1. The maximum atomic E-state index is 11.7. The standard InChI is InChI=1S/C17H20N2O9/c1-10(20)11-8-13(26-2)14(9-12(11)19(24)25)27-7-3-4-17(23)28-18-15(21)5-6-16(18)22/h5-6,8-10,20-22H,3-4,7H2,1-2H3. The molecule has 0 fully saturated rings. The lowest BCUT2D eigenvalue weighted by atomic mass is 10.1. The van der Waals surface area contributed by atoms with Crippen molar-refractivity contribution in [2.45, 2.75) is 25.9 Å². The summed E-state index contributed by atoms with van der Waals surface area (Å²) in [6, 6.07) is 4.78. The van der Waals surface area contributed by atoms with Crippen LogP contribution in [-0.4, -0.2) is 44.7 Å². The summed E-state index contributed by atoms with van der Waals surface area (Å²) in [4.78, 5) is 27.1. The van der Waals surface area contributed by atoms with Crippen LogP contribution in [0.1, 0.15) is 31.4 Å². The average molecular weight is 396 g/mol. The number of nitro benzene ring substituents is 1. The van der Waals surface area contributed by atoms with Crippen LogP contribution in [0.15, 0.2) is 24.3 Å². The van der Waals surface area contributed by atoms with Crippen molar-refractivity contribution in [3.8, 4) is 23.3 Å². The van der Waals surface area contributed by atoms with Crippen molar-refractivity contribution in [3.05, 3.63) is 39.9 Å². The number of aromatic nitrogens is 1. The van der Waals surface area contributed by atoms with Gasteiger partial charge in [0.15, 0.2) is 11.5 Å². The summed E-state index contributed by atoms with van der Waals surface area (Å²) >= 11 is 0. The molecule has 11 nitrogen and oxygen atoms in total. The van der Waals surface area contributed by atoms with E-state index in [0.717, 1.165) is 18.2 Å². The van der Waals surface area contributed by atoms with E-state index in [-0.39, 0.29) is 42.2 Å². The Kier molecular flexibility index (Phi) is 6.66. The predicted molar refractivity (Wildman–Crippen MR) is 94.4 cm³/mol. The molecule has 1 atom stereocenters. The molecule has 0 saturated heterocycles. The van der Waals surface area contributed by atoms with Crippen LogP contribution in [0.5, 0.6) is 23.3 Å². The van der Waals surface area contributed by atoms with Crippen molar-refractivity contribution < 1.29 is 39.3 Å². The highest BCUT2D eigenvalue weighted by atomic mass is 16.7. The van der Waals surface area contributed by atoms with E-state index in [0.29, 0.717) is 4.73 Å². The number of hydrogen-bond acceptors (Lipinski definition) is 9. The van der Waals surface area contributed by atoms with E-state index < -0.39 is 28.8 Å². The summed E-state index contributed by atoms with van der Waals surface area (Å²) in [6.07, 6.45) is -0.983. The molecule has 1 aromatic heterocycles. The number of nitro groups is 1. The van der Waals surface area contributed by atoms with Crippen molar-refractivity contribution in [2.24, 2.45) is 0 Å². The molecule has 1 heterocycles. The van der Waals surface area contributed by atoms with E-state index in [1.165, 1.54) is 20.1 Å². The van der Waals surface area contributed by atoms with Gasteiger partial charge in [-0.1, -0.05) is 0 Å². The van der Waals surface area contributed by atoms with Crippen molar-refractivity contribution in [1.29, 1.82) is 0 Å². The monoisotopic (exact) mass is 396 g/mol. The number of hydrogen-bond donors (Lipinski definition) is 3. The van der Waals surface area contributed by atoms with Crippen LogP contribution < -0.4 is 14.3 Å². The van der Waals surface area contributed by atoms with Gasteiger partial charge < -0.3 is 29.6 Å². The summed E-state index contributed by atoms with van der Waals surface area (Å²) in [5.41, 5.74) is -0.229. The largest absolute Gasteiger partial charge is 0.493 e. The summed E-state index contributed by atoms with van der Waals surface area (Å²) in [6.45, 7) is 1.41. The molecule has 0 aliphatic heterocycles. The van der Waals surface area contributed by atoms with E-state index in [1.54, 1.807) is 0 Å². The van der Waals surface area contributed by atoms with E-state index in [9.17, 15) is 30.2 Å². The van der Waals surface area contributed by atoms with Crippen LogP contribution in [0.3, 0.4) is 0 Å². The second-order valence-corrected chi connectivity index (χ2v) is 5.75. The first-order valence-electron chi connectivity index (χ1n) is 8.22. The van der Waals surface area contributed by atoms with Gasteiger partial charge >= 0.3 is 5.97 Å². The molecule has 28 heavy (non-hydrogen) atoms. The van der Waals surface area contributed by atoms with Gasteiger partial charge in [-0.2, -0.15) is 0 Å². The van der Waals surface area contributed by atoms with Gasteiger partial charge in [0.1, 0.15) is 0 Å². The van der Waals surface area contributed by atoms with Crippen LogP contribution in [0, 0.1) is 10.1 Å². The molecule has 11 heteroatoms. The fourth-order valence-electron chi connectivity index (χ4n) is 2.37. The second-order valence-electron chi connectivity index (χ2n) is 5.75. The third kappa shape index (κ3) is 4.82. The van der Waals surface area contributed by atoms with Gasteiger partial charge in [-0.3, -0.25) is 10.1 Å². The van der Waals surface area contributed by atoms with Gasteiger partial charge in [0.25, 0.3) is 5.69 Å². The summed E-state index contributed by atoms with van der Waals surface area (Å²) in [7, 11) is 1.35. The maximum absolute atomic E-state index is 11.7. The minimum atomic E-state index is -1.07. The highest BCUT2D eigenvalue weighted by Gasteiger charge is 2.22. The van der Waals surface area contributed by atoms with Gasteiger partial charge in [0, 0.05) is 12.1 Å². The molecule has 0 spiro atoms. The molecule has 1 unspecified atom stereocenters. The molecule has 2 rings (SSSR count). The normalized spacial score (nSPS) is 11.7. The number of benzene rings is 1. The molecule has 0 bridgehead atoms. The third-order valence-corrected chi connectivity index (χ3v) is 3.73. The van der Waals surface area contributed by atoms with E-state index in [1.807, 2.05) is 0 Å². The smallest absolute Gasteiger partial charge is 0.333 e. The van der Waals surface area contributed by atoms with Crippen LogP contribution in [0.2, 0.25) is 0 Å². The zero-order chi connectivity index (χ0) is 20.8. The number of nitrogens with zero attached hydrogens (tertiary/aromatic N) is 2. The summed E-state index contributed by atoms with van der Waals surface area (Å²) in [5, 5.41) is 39.7. The molecule has 152 valence electrons. The molecule has 0 aliphatic carbocycles. The zero-order valence-corrected chi connectivity index (χ0v) is 15.2. The highest BCUT2D eigenvalue weighted by Crippen LogP contribution is 2.37. The Morgan fingerprint density at radius 3 is 2.43 bits per heavy atom. The van der Waals surface area contributed by atoms with E-state index in [2.05, 4.69) is 0 Å². The van der Waals surface area contributed by atoms with Crippen LogP contribution in [-0.2, 0) is 4.79 Å². The molecule has 2 aromatic rings. The van der Waals surface area contributed by atoms with Gasteiger partial charge in [-0.25, -0.2) is 4.79 Å². The molecule has 1 aromatic carbocycles. The van der Waals surface area contributed by atoms with Crippen LogP contribution >= 0.6 is 0 Å². The van der Waals surface area contributed by atoms with Crippen molar-refractivity contribution in [2.75, 3.05) is 13.7 Å². The Bertz CT molecular complexity index is 841. The van der Waals surface area contributed by atoms with Gasteiger partial charge in [-0.05, 0) is 19.4 Å². The van der Waals surface area contributed by atoms with Crippen LogP contribution in [0.25, 0.3) is 0 Å². The Hall–Kier alpha value is -3.47. The minimum Gasteiger partial charge on any atom is -0.493 e. The van der Waals surface area contributed by atoms with Crippen molar-refractivity contribution >= 4 is 11.7 Å². The summed E-state index contributed by atoms with van der Waals surface area (Å²) in [5.74, 6) is -1.30. The SMILES string of the molecule is COc1cc(C(C)O)c([N+](=O)[O-])cc1OCCCC(=O)On1c(O)ccc1O. The number of carbonyl (C=O) groups is 1. The lowest BCUT2D eigenvalue weighted by molar-refractivity contribution is -0.386. The number of carbonyl (C=O) groups excluding carboxylic acids is 1. The third-order valence-electron chi connectivity index (χ3n) is 3.73. The zero-order valence-electron chi connectivity index (χ0n) is 15.2. The number of aliphatic hydroxyl groups is 1. The fourth-order valence-corrected chi connectivity index (χ4v) is 2.37. The van der Waals surface area contributed by atoms with Crippen LogP contribution in [0.4, 0.5) is 5.69 Å². The lowest BCUT2D eigenvalue weighted by Gasteiger charge is -2.14. The summed E-state index contributed by atoms with van der Waals surface area (Å²) < 4.78 is 11.2. The quantitative estimate of drug-likeness (QED) is 0.326. The number of methoxy groups -OCH3 is 1. The lowest BCUT2D eigenvalue weighted by Crippen LogP contribution is -2.19. The first-order chi connectivity index (χ1) is 13.2. The number of rotatable bonds is 9. The van der Waals surface area contributed by atoms with Gasteiger partial charge in [0.05, 0.1) is 42.8 Å². The number of aromatic hydroxyl groups is 2. The average Bonchev–Trinajstić information content (AvgIpc) is 2.96. The molecule has 0 saturated carbocycles. The van der Waals surface area contributed by atoms with Gasteiger partial charge in [-0.15, -0.1) is 4.73 Å². The van der Waals surface area contributed by atoms with E-state index in [4.69, 9.17) is 14.3 Å².